The highest BCUT2D eigenvalue weighted by Gasteiger charge is 2.28. The molecule has 2 aliphatic rings. The zero-order valence-corrected chi connectivity index (χ0v) is 29.7. The molecule has 14 heteroatoms. The minimum absolute atomic E-state index is 0.266. The summed E-state index contributed by atoms with van der Waals surface area (Å²) in [6.07, 6.45) is 9.75. The second-order valence-corrected chi connectivity index (χ2v) is 14.8. The first-order chi connectivity index (χ1) is 23.5. The summed E-state index contributed by atoms with van der Waals surface area (Å²) in [5, 5.41) is 6.65. The summed E-state index contributed by atoms with van der Waals surface area (Å²) in [6.45, 7) is 14.9. The third kappa shape index (κ3) is 7.87. The molecule has 0 bridgehead atoms. The van der Waals surface area contributed by atoms with Crippen molar-refractivity contribution in [3.05, 3.63) is 60.6 Å². The van der Waals surface area contributed by atoms with Crippen LogP contribution in [0.1, 0.15) is 43.7 Å². The number of benzene rings is 2. The highest BCUT2D eigenvalue weighted by molar-refractivity contribution is 7.92. The Morgan fingerprint density at radius 3 is 2.39 bits per heavy atom. The van der Waals surface area contributed by atoms with Crippen LogP contribution in [-0.4, -0.2) is 104 Å². The van der Waals surface area contributed by atoms with Gasteiger partial charge in [-0.2, -0.15) is 4.98 Å². The zero-order valence-electron chi connectivity index (χ0n) is 28.9. The number of nitrogens with one attached hydrogen (secondary N) is 3. The molecule has 0 amide bonds. The molecule has 13 nitrogen and oxygen atoms in total. The van der Waals surface area contributed by atoms with Crippen molar-refractivity contribution in [2.75, 3.05) is 79.9 Å². The van der Waals surface area contributed by atoms with Crippen LogP contribution in [0.5, 0.6) is 5.75 Å². The van der Waals surface area contributed by atoms with E-state index < -0.39 is 10.0 Å². The largest absolute Gasteiger partial charge is 0.494 e. The lowest BCUT2D eigenvalue weighted by atomic mass is 9.96. The number of rotatable bonds is 11. The van der Waals surface area contributed by atoms with Gasteiger partial charge in [0.25, 0.3) is 0 Å². The summed E-state index contributed by atoms with van der Waals surface area (Å²) in [7, 11) is 0.245. The SMILES string of the molecule is C=Cc1cnc(Nc2cc(C(C)C)c(N3CCC(N4CCN(C)CC4)CC3)cc2OC)nc1Nc1ccc2nccnc2c1NS(C)(=O)=O. The van der Waals surface area contributed by atoms with Gasteiger partial charge in [0.2, 0.25) is 16.0 Å². The number of sulfonamides is 1. The van der Waals surface area contributed by atoms with Crippen LogP contribution in [0.4, 0.5) is 34.5 Å². The molecule has 4 aromatic rings. The zero-order chi connectivity index (χ0) is 34.7. The molecule has 0 saturated carbocycles. The van der Waals surface area contributed by atoms with Gasteiger partial charge in [0.05, 0.1) is 35.9 Å². The van der Waals surface area contributed by atoms with Crippen molar-refractivity contribution in [3.8, 4) is 5.75 Å². The number of piperidine rings is 1. The summed E-state index contributed by atoms with van der Waals surface area (Å²) < 4.78 is 33.1. The molecule has 6 rings (SSSR count). The van der Waals surface area contributed by atoms with E-state index in [1.807, 2.05) is 0 Å². The Kier molecular flexibility index (Phi) is 10.2. The summed E-state index contributed by atoms with van der Waals surface area (Å²) in [6, 6.07) is 8.40. The first-order valence-electron chi connectivity index (χ1n) is 16.7. The lowest BCUT2D eigenvalue weighted by Gasteiger charge is -2.43. The number of nitrogens with zero attached hydrogens (tertiary/aromatic N) is 7. The molecule has 0 spiro atoms. The van der Waals surface area contributed by atoms with Gasteiger partial charge in [-0.25, -0.2) is 13.4 Å². The highest BCUT2D eigenvalue weighted by atomic mass is 32.2. The maximum absolute atomic E-state index is 12.3. The molecule has 2 aromatic heterocycles. The molecule has 0 aliphatic carbocycles. The maximum atomic E-state index is 12.3. The fraction of sp³-hybridized carbons (Fsp3) is 0.429. The van der Waals surface area contributed by atoms with Crippen LogP contribution in [0, 0.1) is 0 Å². The molecule has 0 unspecified atom stereocenters. The molecular formula is C35H46N10O3S. The molecule has 0 radical (unpaired) electrons. The number of ether oxygens (including phenoxy) is 1. The smallest absolute Gasteiger partial charge is 0.229 e. The number of piperazine rings is 1. The van der Waals surface area contributed by atoms with Crippen molar-refractivity contribution in [1.29, 1.82) is 0 Å². The van der Waals surface area contributed by atoms with Crippen molar-refractivity contribution < 1.29 is 13.2 Å². The normalized spacial score (nSPS) is 16.6. The van der Waals surface area contributed by atoms with E-state index in [9.17, 15) is 8.42 Å². The van der Waals surface area contributed by atoms with E-state index in [0.29, 0.717) is 45.8 Å². The molecule has 4 heterocycles. The predicted molar refractivity (Wildman–Crippen MR) is 198 cm³/mol. The van der Waals surface area contributed by atoms with Crippen molar-refractivity contribution in [1.82, 2.24) is 29.7 Å². The van der Waals surface area contributed by atoms with Crippen molar-refractivity contribution in [2.45, 2.75) is 38.6 Å². The van der Waals surface area contributed by atoms with Crippen LogP contribution in [0.2, 0.25) is 0 Å². The minimum Gasteiger partial charge on any atom is -0.494 e. The molecule has 2 fully saturated rings. The molecular weight excluding hydrogens is 641 g/mol. The highest BCUT2D eigenvalue weighted by Crippen LogP contribution is 2.40. The lowest BCUT2D eigenvalue weighted by Crippen LogP contribution is -2.52. The maximum Gasteiger partial charge on any atom is 0.229 e. The Labute approximate surface area is 288 Å². The Morgan fingerprint density at radius 1 is 0.980 bits per heavy atom. The van der Waals surface area contributed by atoms with E-state index in [-0.39, 0.29) is 11.6 Å². The van der Waals surface area contributed by atoms with E-state index in [0.717, 1.165) is 64.1 Å². The average molecular weight is 687 g/mol. The van der Waals surface area contributed by atoms with Gasteiger partial charge in [-0.05, 0) is 49.6 Å². The minimum atomic E-state index is -3.63. The number of fused-ring (bicyclic) bond motifs is 1. The first kappa shape index (κ1) is 34.3. The van der Waals surface area contributed by atoms with Crippen LogP contribution in [0.3, 0.4) is 0 Å². The second kappa shape index (κ2) is 14.5. The third-order valence-corrected chi connectivity index (χ3v) is 9.87. The van der Waals surface area contributed by atoms with Gasteiger partial charge in [-0.1, -0.05) is 26.5 Å². The number of anilines is 6. The Morgan fingerprint density at radius 2 is 1.71 bits per heavy atom. The number of hydrogen-bond donors (Lipinski definition) is 3. The summed E-state index contributed by atoms with van der Waals surface area (Å²) in [4.78, 5) is 25.6. The van der Waals surface area contributed by atoms with Crippen LogP contribution in [0.25, 0.3) is 17.1 Å². The molecule has 2 aromatic carbocycles. The van der Waals surface area contributed by atoms with Crippen LogP contribution in [0.15, 0.2) is 49.4 Å². The summed E-state index contributed by atoms with van der Waals surface area (Å²) in [5.41, 5.74) is 5.46. The molecule has 49 heavy (non-hydrogen) atoms. The lowest BCUT2D eigenvalue weighted by molar-refractivity contribution is 0.0982. The second-order valence-electron chi connectivity index (χ2n) is 13.1. The summed E-state index contributed by atoms with van der Waals surface area (Å²) >= 11 is 0. The van der Waals surface area contributed by atoms with E-state index in [2.05, 4.69) is 84.6 Å². The number of aromatic nitrogens is 4. The van der Waals surface area contributed by atoms with E-state index in [1.54, 1.807) is 37.7 Å². The van der Waals surface area contributed by atoms with Crippen LogP contribution >= 0.6 is 0 Å². The Hall–Kier alpha value is -4.53. The van der Waals surface area contributed by atoms with Crippen molar-refractivity contribution >= 4 is 61.6 Å². The van der Waals surface area contributed by atoms with Gasteiger partial charge in [-0.15, -0.1) is 0 Å². The first-order valence-corrected chi connectivity index (χ1v) is 18.6. The number of methoxy groups -OCH3 is 1. The van der Waals surface area contributed by atoms with Gasteiger partial charge >= 0.3 is 0 Å². The fourth-order valence-corrected chi connectivity index (χ4v) is 7.20. The van der Waals surface area contributed by atoms with Gasteiger partial charge in [0.1, 0.15) is 17.1 Å². The molecule has 260 valence electrons. The number of likely N-dealkylation sites (N-methyl/N-ethyl adjacent to an activating group) is 1. The van der Waals surface area contributed by atoms with E-state index in [1.165, 1.54) is 17.4 Å². The quantitative estimate of drug-likeness (QED) is 0.189. The molecule has 2 saturated heterocycles. The Balaban J connectivity index is 1.27. The van der Waals surface area contributed by atoms with E-state index in [4.69, 9.17) is 9.72 Å². The monoisotopic (exact) mass is 686 g/mol. The van der Waals surface area contributed by atoms with Gasteiger partial charge in [0.15, 0.2) is 0 Å². The number of hydrogen-bond acceptors (Lipinski definition) is 12. The fourth-order valence-electron chi connectivity index (χ4n) is 6.63. The predicted octanol–water partition coefficient (Wildman–Crippen LogP) is 5.27. The van der Waals surface area contributed by atoms with E-state index >= 15 is 0 Å². The molecule has 2 aliphatic heterocycles. The van der Waals surface area contributed by atoms with Crippen molar-refractivity contribution in [2.24, 2.45) is 0 Å². The van der Waals surface area contributed by atoms with Gasteiger partial charge in [0, 0.05) is 81.2 Å². The van der Waals surface area contributed by atoms with Crippen LogP contribution < -0.4 is 25.0 Å². The molecule has 3 N–H and O–H groups in total. The average Bonchev–Trinajstić information content (AvgIpc) is 3.09. The van der Waals surface area contributed by atoms with Crippen molar-refractivity contribution in [3.63, 3.8) is 0 Å². The van der Waals surface area contributed by atoms with Crippen LogP contribution in [-0.2, 0) is 10.0 Å². The summed E-state index contributed by atoms with van der Waals surface area (Å²) in [5.74, 6) is 1.73. The Bertz CT molecular complexity index is 1920. The topological polar surface area (TPSA) is 141 Å². The van der Waals surface area contributed by atoms with Gasteiger partial charge < -0.3 is 25.2 Å². The standard InChI is InChI=1S/C35H46N10O3S/c1-7-24-22-38-35(41-34(24)39-28-9-8-27-32(37-13-12-36-27)33(28)42-49(6,46)47)40-29-20-26(23(2)3)30(21-31(29)48-5)45-14-10-25(11-15-45)44-18-16-43(4)17-19-44/h7-9,12-13,20-23,25,42H,1,10-11,14-19H2,2-6H3,(H2,38,39,40,41). The third-order valence-electron chi connectivity index (χ3n) is 9.29. The molecule has 0 atom stereocenters. The van der Waals surface area contributed by atoms with Gasteiger partial charge in [-0.3, -0.25) is 19.6 Å².